The lowest BCUT2D eigenvalue weighted by atomic mass is 9.90. The molecule has 0 aromatic heterocycles. The van der Waals surface area contributed by atoms with Crippen molar-refractivity contribution in [3.05, 3.63) is 70.8 Å². The lowest BCUT2D eigenvalue weighted by Gasteiger charge is -2.17. The summed E-state index contributed by atoms with van der Waals surface area (Å²) in [5.74, 6) is -4.12. The van der Waals surface area contributed by atoms with Crippen LogP contribution in [0.4, 0.5) is 17.6 Å². The number of ether oxygens (including phenoxy) is 2. The van der Waals surface area contributed by atoms with E-state index in [0.29, 0.717) is 24.4 Å². The predicted molar refractivity (Wildman–Crippen MR) is 133 cm³/mol. The SMILES string of the molecule is CCCCCCCOc1ccc(C2=CCC(c3ccc(OCCCC)c(F)c3F)=CC2)c(F)c1F. The van der Waals surface area contributed by atoms with Gasteiger partial charge in [0.2, 0.25) is 11.6 Å². The van der Waals surface area contributed by atoms with E-state index in [-0.39, 0.29) is 35.5 Å². The van der Waals surface area contributed by atoms with E-state index < -0.39 is 23.3 Å². The van der Waals surface area contributed by atoms with E-state index in [1.165, 1.54) is 24.3 Å². The van der Waals surface area contributed by atoms with Gasteiger partial charge in [0.05, 0.1) is 13.2 Å². The van der Waals surface area contributed by atoms with Crippen molar-refractivity contribution in [3.8, 4) is 11.5 Å². The minimum atomic E-state index is -1.01. The van der Waals surface area contributed by atoms with Crippen LogP contribution in [0.25, 0.3) is 11.1 Å². The number of rotatable bonds is 13. The standard InChI is InChI=1S/C29H34F4O2/c1-3-5-7-8-9-19-35-25-17-15-23(27(31)29(25)33)21-12-10-20(11-13-21)22-14-16-24(28(32)26(22)30)34-18-6-4-2/h10,13-17H,3-9,11-12,18-19H2,1-2H3. The molecule has 2 aromatic carbocycles. The van der Waals surface area contributed by atoms with Crippen LogP contribution in [0.2, 0.25) is 0 Å². The number of hydrogen-bond acceptors (Lipinski definition) is 2. The van der Waals surface area contributed by atoms with E-state index in [4.69, 9.17) is 9.47 Å². The maximum absolute atomic E-state index is 14.8. The lowest BCUT2D eigenvalue weighted by molar-refractivity contribution is 0.285. The van der Waals surface area contributed by atoms with Crippen LogP contribution in [-0.4, -0.2) is 13.2 Å². The summed E-state index contributed by atoms with van der Waals surface area (Å²) in [4.78, 5) is 0. The molecule has 190 valence electrons. The number of allylic oxidation sites excluding steroid dienone is 4. The highest BCUT2D eigenvalue weighted by molar-refractivity contribution is 5.78. The van der Waals surface area contributed by atoms with Crippen LogP contribution < -0.4 is 9.47 Å². The van der Waals surface area contributed by atoms with Crippen molar-refractivity contribution in [2.75, 3.05) is 13.2 Å². The molecule has 6 heteroatoms. The highest BCUT2D eigenvalue weighted by Crippen LogP contribution is 2.36. The van der Waals surface area contributed by atoms with Gasteiger partial charge in [-0.25, -0.2) is 8.78 Å². The monoisotopic (exact) mass is 490 g/mol. The highest BCUT2D eigenvalue weighted by atomic mass is 19.2. The summed E-state index contributed by atoms with van der Waals surface area (Å²) in [5, 5.41) is 0. The van der Waals surface area contributed by atoms with Gasteiger partial charge >= 0.3 is 0 Å². The number of halogens is 4. The Bertz CT molecular complexity index is 1060. The summed E-state index contributed by atoms with van der Waals surface area (Å²) in [6.45, 7) is 4.79. The van der Waals surface area contributed by atoms with E-state index in [1.54, 1.807) is 12.2 Å². The molecule has 0 aliphatic heterocycles. The fourth-order valence-electron chi connectivity index (χ4n) is 4.07. The Morgan fingerprint density at radius 2 is 1.03 bits per heavy atom. The van der Waals surface area contributed by atoms with Crippen LogP contribution in [0.15, 0.2) is 36.4 Å². The maximum atomic E-state index is 14.8. The largest absolute Gasteiger partial charge is 0.490 e. The Labute approximate surface area is 205 Å². The van der Waals surface area contributed by atoms with E-state index in [1.807, 2.05) is 6.92 Å². The van der Waals surface area contributed by atoms with Crippen molar-refractivity contribution in [2.45, 2.75) is 71.6 Å². The molecule has 0 amide bonds. The Morgan fingerprint density at radius 3 is 1.49 bits per heavy atom. The molecule has 0 heterocycles. The van der Waals surface area contributed by atoms with Gasteiger partial charge in [-0.05, 0) is 61.1 Å². The van der Waals surface area contributed by atoms with Crippen molar-refractivity contribution in [1.82, 2.24) is 0 Å². The summed E-state index contributed by atoms with van der Waals surface area (Å²) < 4.78 is 69.3. The number of benzene rings is 2. The second kappa shape index (κ2) is 13.4. The zero-order valence-electron chi connectivity index (χ0n) is 20.6. The number of unbranched alkanes of at least 4 members (excludes halogenated alkanes) is 5. The van der Waals surface area contributed by atoms with Crippen molar-refractivity contribution < 1.29 is 27.0 Å². The summed E-state index contributed by atoms with van der Waals surface area (Å²) in [6.07, 6.45) is 10.8. The normalized spacial score (nSPS) is 13.4. The Kier molecular flexibility index (Phi) is 10.2. The van der Waals surface area contributed by atoms with Gasteiger partial charge in [0.15, 0.2) is 23.1 Å². The fraction of sp³-hybridized carbons (Fsp3) is 0.448. The molecule has 1 aliphatic rings. The Hall–Kier alpha value is -2.76. The van der Waals surface area contributed by atoms with Crippen molar-refractivity contribution >= 4 is 11.1 Å². The average Bonchev–Trinajstić information content (AvgIpc) is 2.87. The Balaban J connectivity index is 1.64. The first-order valence-electron chi connectivity index (χ1n) is 12.6. The molecule has 0 bridgehead atoms. The minimum Gasteiger partial charge on any atom is -0.490 e. The van der Waals surface area contributed by atoms with E-state index in [2.05, 4.69) is 6.92 Å². The summed E-state index contributed by atoms with van der Waals surface area (Å²) in [5.41, 5.74) is 1.49. The maximum Gasteiger partial charge on any atom is 0.201 e. The van der Waals surface area contributed by atoms with Gasteiger partial charge in [0.25, 0.3) is 0 Å². The molecule has 0 saturated carbocycles. The van der Waals surface area contributed by atoms with Crippen LogP contribution in [0.3, 0.4) is 0 Å². The van der Waals surface area contributed by atoms with Gasteiger partial charge in [-0.15, -0.1) is 0 Å². The minimum absolute atomic E-state index is 0.0897. The van der Waals surface area contributed by atoms with Gasteiger partial charge in [0.1, 0.15) is 0 Å². The van der Waals surface area contributed by atoms with Crippen LogP contribution in [0, 0.1) is 23.3 Å². The van der Waals surface area contributed by atoms with Gasteiger partial charge < -0.3 is 9.47 Å². The average molecular weight is 491 g/mol. The molecule has 0 spiro atoms. The first kappa shape index (κ1) is 26.8. The third kappa shape index (κ3) is 6.89. The smallest absolute Gasteiger partial charge is 0.201 e. The van der Waals surface area contributed by atoms with E-state index in [9.17, 15) is 17.6 Å². The van der Waals surface area contributed by atoms with Crippen LogP contribution in [0.1, 0.15) is 82.8 Å². The van der Waals surface area contributed by atoms with Crippen LogP contribution >= 0.6 is 0 Å². The molecule has 0 N–H and O–H groups in total. The first-order valence-corrected chi connectivity index (χ1v) is 12.6. The topological polar surface area (TPSA) is 18.5 Å². The molecular weight excluding hydrogens is 456 g/mol. The third-order valence-corrected chi connectivity index (χ3v) is 6.18. The number of hydrogen-bond donors (Lipinski definition) is 0. The second-order valence-corrected chi connectivity index (χ2v) is 8.81. The van der Waals surface area contributed by atoms with E-state index >= 15 is 0 Å². The summed E-state index contributed by atoms with van der Waals surface area (Å²) in [7, 11) is 0. The predicted octanol–water partition coefficient (Wildman–Crippen LogP) is 9.03. The highest BCUT2D eigenvalue weighted by Gasteiger charge is 2.21. The molecule has 3 rings (SSSR count). The molecule has 0 unspecified atom stereocenters. The lowest BCUT2D eigenvalue weighted by Crippen LogP contribution is -2.04. The quantitative estimate of drug-likeness (QED) is 0.206. The zero-order valence-corrected chi connectivity index (χ0v) is 20.6. The van der Waals surface area contributed by atoms with Crippen molar-refractivity contribution in [1.29, 1.82) is 0 Å². The van der Waals surface area contributed by atoms with Crippen molar-refractivity contribution in [2.24, 2.45) is 0 Å². The summed E-state index contributed by atoms with van der Waals surface area (Å²) >= 11 is 0. The Morgan fingerprint density at radius 1 is 0.571 bits per heavy atom. The van der Waals surface area contributed by atoms with Crippen molar-refractivity contribution in [3.63, 3.8) is 0 Å². The molecule has 0 fully saturated rings. The first-order chi connectivity index (χ1) is 17.0. The molecule has 2 aromatic rings. The molecular formula is C29H34F4O2. The van der Waals surface area contributed by atoms with Crippen LogP contribution in [0.5, 0.6) is 11.5 Å². The van der Waals surface area contributed by atoms with Gasteiger partial charge in [-0.2, -0.15) is 8.78 Å². The van der Waals surface area contributed by atoms with Gasteiger partial charge in [-0.1, -0.05) is 58.1 Å². The molecule has 35 heavy (non-hydrogen) atoms. The molecule has 2 nitrogen and oxygen atoms in total. The van der Waals surface area contributed by atoms with E-state index in [0.717, 1.165) is 44.9 Å². The second-order valence-electron chi connectivity index (χ2n) is 8.81. The molecule has 1 aliphatic carbocycles. The fourth-order valence-corrected chi connectivity index (χ4v) is 4.07. The molecule has 0 atom stereocenters. The summed E-state index contributed by atoms with van der Waals surface area (Å²) in [6, 6.07) is 5.89. The van der Waals surface area contributed by atoms with Gasteiger partial charge in [-0.3, -0.25) is 0 Å². The third-order valence-electron chi connectivity index (χ3n) is 6.18. The zero-order chi connectivity index (χ0) is 25.2. The van der Waals surface area contributed by atoms with Crippen LogP contribution in [-0.2, 0) is 0 Å². The molecule has 0 radical (unpaired) electrons. The van der Waals surface area contributed by atoms with Gasteiger partial charge in [0, 0.05) is 11.1 Å². The molecule has 0 saturated heterocycles.